The summed E-state index contributed by atoms with van der Waals surface area (Å²) >= 11 is 1.35. The molecule has 1 aliphatic heterocycles. The second kappa shape index (κ2) is 6.20. The van der Waals surface area contributed by atoms with Crippen molar-refractivity contribution in [3.8, 4) is 10.6 Å². The van der Waals surface area contributed by atoms with E-state index in [2.05, 4.69) is 10.2 Å². The lowest BCUT2D eigenvalue weighted by Gasteiger charge is -2.31. The first kappa shape index (κ1) is 15.6. The molecule has 126 valence electrons. The van der Waals surface area contributed by atoms with Crippen molar-refractivity contribution in [2.75, 3.05) is 13.1 Å². The summed E-state index contributed by atoms with van der Waals surface area (Å²) in [6.07, 6.45) is 3.78. The highest BCUT2D eigenvalue weighted by Gasteiger charge is 2.35. The van der Waals surface area contributed by atoms with Crippen LogP contribution in [0.15, 0.2) is 18.2 Å². The molecule has 1 amide bonds. The summed E-state index contributed by atoms with van der Waals surface area (Å²) < 4.78 is 26.9. The number of nitrogens with zero attached hydrogens (tertiary/aromatic N) is 3. The van der Waals surface area contributed by atoms with Crippen LogP contribution in [0.5, 0.6) is 0 Å². The monoisotopic (exact) mass is 349 g/mol. The Morgan fingerprint density at radius 3 is 2.54 bits per heavy atom. The Balaban J connectivity index is 1.44. The second-order valence-electron chi connectivity index (χ2n) is 6.44. The van der Waals surface area contributed by atoms with Gasteiger partial charge in [-0.25, -0.2) is 8.78 Å². The van der Waals surface area contributed by atoms with E-state index in [9.17, 15) is 13.6 Å². The van der Waals surface area contributed by atoms with Gasteiger partial charge in [0.05, 0.1) is 0 Å². The van der Waals surface area contributed by atoms with Gasteiger partial charge in [0.2, 0.25) is 5.91 Å². The zero-order valence-corrected chi connectivity index (χ0v) is 13.9. The van der Waals surface area contributed by atoms with E-state index in [1.807, 2.05) is 4.90 Å². The minimum Gasteiger partial charge on any atom is -0.342 e. The van der Waals surface area contributed by atoms with Crippen molar-refractivity contribution in [2.24, 2.45) is 5.92 Å². The van der Waals surface area contributed by atoms with Crippen molar-refractivity contribution >= 4 is 17.2 Å². The van der Waals surface area contributed by atoms with E-state index in [-0.39, 0.29) is 17.4 Å². The van der Waals surface area contributed by atoms with Crippen LogP contribution in [0.4, 0.5) is 8.78 Å². The van der Waals surface area contributed by atoms with Gasteiger partial charge in [0.1, 0.15) is 16.6 Å². The van der Waals surface area contributed by atoms with E-state index in [0.29, 0.717) is 10.9 Å². The van der Waals surface area contributed by atoms with Crippen molar-refractivity contribution in [1.29, 1.82) is 0 Å². The van der Waals surface area contributed by atoms with Gasteiger partial charge in [-0.1, -0.05) is 11.3 Å². The summed E-state index contributed by atoms with van der Waals surface area (Å²) in [5.74, 6) is -0.421. The molecule has 4 nitrogen and oxygen atoms in total. The zero-order valence-electron chi connectivity index (χ0n) is 13.0. The standard InChI is InChI=1S/C17H17F2N3OS/c18-12-3-4-13(14(19)9-12)16-21-20-15(24-16)10-5-7-22(8-6-10)17(23)11-1-2-11/h3-4,9-11H,1-2,5-8H2. The number of rotatable bonds is 3. The van der Waals surface area contributed by atoms with Crippen LogP contribution in [0, 0.1) is 17.6 Å². The van der Waals surface area contributed by atoms with E-state index < -0.39 is 11.6 Å². The molecule has 1 aromatic heterocycles. The molecule has 4 rings (SSSR count). The average Bonchev–Trinajstić information content (AvgIpc) is 3.32. The molecule has 1 saturated carbocycles. The Kier molecular flexibility index (Phi) is 4.04. The minimum atomic E-state index is -0.623. The number of carbonyl (C=O) groups excluding carboxylic acids is 1. The van der Waals surface area contributed by atoms with Crippen LogP contribution >= 0.6 is 11.3 Å². The summed E-state index contributed by atoms with van der Waals surface area (Å²) in [6.45, 7) is 1.50. The third-order valence-corrected chi connectivity index (χ3v) is 5.80. The van der Waals surface area contributed by atoms with Gasteiger partial charge in [-0.3, -0.25) is 4.79 Å². The van der Waals surface area contributed by atoms with Gasteiger partial charge in [-0.2, -0.15) is 0 Å². The molecule has 0 spiro atoms. The lowest BCUT2D eigenvalue weighted by atomic mass is 9.97. The molecule has 1 saturated heterocycles. The molecule has 2 fully saturated rings. The average molecular weight is 349 g/mol. The molecule has 7 heteroatoms. The highest BCUT2D eigenvalue weighted by Crippen LogP contribution is 2.36. The zero-order chi connectivity index (χ0) is 16.7. The molecule has 2 aromatic rings. The first-order valence-electron chi connectivity index (χ1n) is 8.19. The Morgan fingerprint density at radius 2 is 1.88 bits per heavy atom. The third kappa shape index (κ3) is 3.05. The van der Waals surface area contributed by atoms with Crippen LogP contribution in [0.1, 0.15) is 36.6 Å². The fourth-order valence-corrected chi connectivity index (χ4v) is 4.15. The number of halogens is 2. The Hall–Kier alpha value is -1.89. The van der Waals surface area contributed by atoms with Crippen molar-refractivity contribution in [1.82, 2.24) is 15.1 Å². The van der Waals surface area contributed by atoms with Gasteiger partial charge >= 0.3 is 0 Å². The van der Waals surface area contributed by atoms with Gasteiger partial charge in [0.15, 0.2) is 5.01 Å². The number of likely N-dealkylation sites (tertiary alicyclic amines) is 1. The normalized spacial score (nSPS) is 18.8. The molecule has 0 N–H and O–H groups in total. The van der Waals surface area contributed by atoms with Gasteiger partial charge in [0.25, 0.3) is 0 Å². The van der Waals surface area contributed by atoms with Crippen LogP contribution in [0.3, 0.4) is 0 Å². The van der Waals surface area contributed by atoms with Gasteiger partial charge in [-0.15, -0.1) is 10.2 Å². The molecule has 0 atom stereocenters. The van der Waals surface area contributed by atoms with Crippen molar-refractivity contribution in [2.45, 2.75) is 31.6 Å². The minimum absolute atomic E-state index is 0.253. The molecule has 2 heterocycles. The number of carbonyl (C=O) groups is 1. The highest BCUT2D eigenvalue weighted by atomic mass is 32.1. The summed E-state index contributed by atoms with van der Waals surface area (Å²) in [7, 11) is 0. The predicted octanol–water partition coefficient (Wildman–Crippen LogP) is 3.60. The van der Waals surface area contributed by atoms with Crippen LogP contribution in [-0.4, -0.2) is 34.1 Å². The molecular formula is C17H17F2N3OS. The van der Waals surface area contributed by atoms with E-state index >= 15 is 0 Å². The first-order chi connectivity index (χ1) is 11.6. The molecule has 2 aliphatic rings. The fourth-order valence-electron chi connectivity index (χ4n) is 3.11. The number of piperidine rings is 1. The molecule has 0 unspecified atom stereocenters. The first-order valence-corrected chi connectivity index (χ1v) is 9.01. The molecule has 0 bridgehead atoms. The Bertz CT molecular complexity index is 767. The number of hydrogen-bond acceptors (Lipinski definition) is 4. The number of hydrogen-bond donors (Lipinski definition) is 0. The van der Waals surface area contributed by atoms with Crippen molar-refractivity contribution in [3.63, 3.8) is 0 Å². The van der Waals surface area contributed by atoms with E-state index in [1.54, 1.807) is 0 Å². The predicted molar refractivity (Wildman–Crippen MR) is 86.5 cm³/mol. The molecule has 1 aliphatic carbocycles. The number of aromatic nitrogens is 2. The fraction of sp³-hybridized carbons (Fsp3) is 0.471. The Labute approximate surface area is 142 Å². The molecule has 1 aromatic carbocycles. The largest absolute Gasteiger partial charge is 0.342 e. The summed E-state index contributed by atoms with van der Waals surface area (Å²) in [5, 5.41) is 9.61. The maximum atomic E-state index is 13.9. The van der Waals surface area contributed by atoms with Gasteiger partial charge in [0, 0.05) is 36.6 Å². The summed E-state index contributed by atoms with van der Waals surface area (Å²) in [4.78, 5) is 14.0. The molecular weight excluding hydrogens is 332 g/mol. The molecule has 0 radical (unpaired) electrons. The topological polar surface area (TPSA) is 46.1 Å². The van der Waals surface area contributed by atoms with Gasteiger partial charge in [-0.05, 0) is 37.8 Å². The maximum absolute atomic E-state index is 13.9. The highest BCUT2D eigenvalue weighted by molar-refractivity contribution is 7.14. The Morgan fingerprint density at radius 1 is 1.12 bits per heavy atom. The summed E-state index contributed by atoms with van der Waals surface area (Å²) in [5.41, 5.74) is 0.279. The number of amides is 1. The van der Waals surface area contributed by atoms with E-state index in [0.717, 1.165) is 49.8 Å². The second-order valence-corrected chi connectivity index (χ2v) is 7.45. The third-order valence-electron chi connectivity index (χ3n) is 4.68. The summed E-state index contributed by atoms with van der Waals surface area (Å²) in [6, 6.07) is 3.48. The van der Waals surface area contributed by atoms with Crippen molar-refractivity contribution in [3.05, 3.63) is 34.8 Å². The lowest BCUT2D eigenvalue weighted by molar-refractivity contribution is -0.133. The van der Waals surface area contributed by atoms with Crippen molar-refractivity contribution < 1.29 is 13.6 Å². The van der Waals surface area contributed by atoms with E-state index in [1.165, 1.54) is 23.5 Å². The van der Waals surface area contributed by atoms with Gasteiger partial charge < -0.3 is 4.90 Å². The van der Waals surface area contributed by atoms with Crippen LogP contribution in [-0.2, 0) is 4.79 Å². The van der Waals surface area contributed by atoms with Crippen LogP contribution in [0.25, 0.3) is 10.6 Å². The number of benzene rings is 1. The van der Waals surface area contributed by atoms with E-state index in [4.69, 9.17) is 0 Å². The van der Waals surface area contributed by atoms with Crippen LogP contribution in [0.2, 0.25) is 0 Å². The SMILES string of the molecule is O=C(C1CC1)N1CCC(c2nnc(-c3ccc(F)cc3F)s2)CC1. The smallest absolute Gasteiger partial charge is 0.225 e. The lowest BCUT2D eigenvalue weighted by Crippen LogP contribution is -2.38. The maximum Gasteiger partial charge on any atom is 0.225 e. The quantitative estimate of drug-likeness (QED) is 0.851. The van der Waals surface area contributed by atoms with Crippen LogP contribution < -0.4 is 0 Å². The molecule has 24 heavy (non-hydrogen) atoms.